The molecule has 1 aliphatic carbocycles. The van der Waals surface area contributed by atoms with E-state index in [4.69, 9.17) is 0 Å². The molecule has 2 fully saturated rings. The Balaban J connectivity index is 1.76. The molecular formula is C13H14F3N3O2. The van der Waals surface area contributed by atoms with Crippen LogP contribution in [0.3, 0.4) is 0 Å². The molecule has 8 heteroatoms. The van der Waals surface area contributed by atoms with Crippen molar-refractivity contribution in [2.75, 3.05) is 13.1 Å². The van der Waals surface area contributed by atoms with E-state index < -0.39 is 30.7 Å². The lowest BCUT2D eigenvalue weighted by molar-refractivity contribution is -0.253. The smallest absolute Gasteiger partial charge is 0.379 e. The second-order valence-corrected chi connectivity index (χ2v) is 5.58. The summed E-state index contributed by atoms with van der Waals surface area (Å²) in [6.07, 6.45) is -1.88. The second kappa shape index (κ2) is 4.66. The van der Waals surface area contributed by atoms with E-state index in [0.29, 0.717) is 5.82 Å². The van der Waals surface area contributed by atoms with Gasteiger partial charge >= 0.3 is 6.18 Å². The van der Waals surface area contributed by atoms with Gasteiger partial charge in [0.05, 0.1) is 6.54 Å². The number of amides is 1. The molecule has 1 aromatic rings. The highest BCUT2D eigenvalue weighted by Crippen LogP contribution is 2.39. The highest BCUT2D eigenvalue weighted by molar-refractivity contribution is 5.92. The van der Waals surface area contributed by atoms with Crippen molar-refractivity contribution in [1.82, 2.24) is 14.9 Å². The molecule has 1 amide bonds. The molecule has 1 N–H and O–H groups in total. The summed E-state index contributed by atoms with van der Waals surface area (Å²) in [5, 5.41) is 9.60. The van der Waals surface area contributed by atoms with Gasteiger partial charge < -0.3 is 10.0 Å². The Labute approximate surface area is 118 Å². The Bertz CT molecular complexity index is 574. The van der Waals surface area contributed by atoms with Gasteiger partial charge in [-0.3, -0.25) is 4.79 Å². The molecule has 1 atom stereocenters. The van der Waals surface area contributed by atoms with Crippen molar-refractivity contribution in [2.24, 2.45) is 0 Å². The third-order valence-corrected chi connectivity index (χ3v) is 3.90. The Morgan fingerprint density at radius 1 is 1.43 bits per heavy atom. The first-order chi connectivity index (χ1) is 9.80. The van der Waals surface area contributed by atoms with Crippen molar-refractivity contribution in [2.45, 2.75) is 37.0 Å². The van der Waals surface area contributed by atoms with Crippen LogP contribution in [0.15, 0.2) is 12.3 Å². The first-order valence-corrected chi connectivity index (χ1v) is 6.71. The van der Waals surface area contributed by atoms with Gasteiger partial charge in [0, 0.05) is 25.1 Å². The molecule has 1 aromatic heterocycles. The number of carbonyl (C=O) groups is 1. The number of rotatable bonds is 2. The second-order valence-electron chi connectivity index (χ2n) is 5.58. The number of β-amino-alcohol motifs (C(OH)–C–C–N with tert-alkyl or cyclic N) is 1. The molecule has 0 bridgehead atoms. The van der Waals surface area contributed by atoms with Gasteiger partial charge in [0.25, 0.3) is 5.91 Å². The lowest BCUT2D eigenvalue weighted by atomic mass is 10.0. The fourth-order valence-corrected chi connectivity index (χ4v) is 2.39. The average molecular weight is 301 g/mol. The van der Waals surface area contributed by atoms with E-state index in [-0.39, 0.29) is 18.2 Å². The fourth-order valence-electron chi connectivity index (χ4n) is 2.39. The number of likely N-dealkylation sites (tertiary alicyclic amines) is 1. The van der Waals surface area contributed by atoms with Gasteiger partial charge in [-0.1, -0.05) is 0 Å². The quantitative estimate of drug-likeness (QED) is 0.899. The molecule has 1 saturated carbocycles. The number of nitrogens with zero attached hydrogens (tertiary/aromatic N) is 3. The van der Waals surface area contributed by atoms with Gasteiger partial charge in [0.15, 0.2) is 5.60 Å². The molecule has 2 aliphatic rings. The van der Waals surface area contributed by atoms with Gasteiger partial charge in [-0.2, -0.15) is 13.2 Å². The molecule has 2 heterocycles. The van der Waals surface area contributed by atoms with Crippen LogP contribution in [0.1, 0.15) is 41.5 Å². The topological polar surface area (TPSA) is 66.3 Å². The number of aliphatic hydroxyl groups is 1. The first-order valence-electron chi connectivity index (χ1n) is 6.71. The minimum atomic E-state index is -4.74. The number of hydrogen-bond acceptors (Lipinski definition) is 4. The summed E-state index contributed by atoms with van der Waals surface area (Å²) in [4.78, 5) is 21.4. The Morgan fingerprint density at radius 2 is 2.14 bits per heavy atom. The highest BCUT2D eigenvalue weighted by atomic mass is 19.4. The van der Waals surface area contributed by atoms with Crippen LogP contribution in [0.4, 0.5) is 13.2 Å². The SMILES string of the molecule is O=C(c1ccnc(C2CC2)n1)N1CCC(O)(C(F)(F)F)C1. The molecular weight excluding hydrogens is 287 g/mol. The number of alkyl halides is 3. The number of aromatic nitrogens is 2. The summed E-state index contributed by atoms with van der Waals surface area (Å²) in [5.74, 6) is 0.217. The molecule has 5 nitrogen and oxygen atoms in total. The van der Waals surface area contributed by atoms with Crippen molar-refractivity contribution >= 4 is 5.91 Å². The lowest BCUT2D eigenvalue weighted by Gasteiger charge is -2.25. The maximum Gasteiger partial charge on any atom is 0.419 e. The highest BCUT2D eigenvalue weighted by Gasteiger charge is 2.57. The van der Waals surface area contributed by atoms with Crippen LogP contribution in [0.25, 0.3) is 0 Å². The van der Waals surface area contributed by atoms with Gasteiger partial charge in [-0.15, -0.1) is 0 Å². The van der Waals surface area contributed by atoms with Crippen LogP contribution in [0, 0.1) is 0 Å². The van der Waals surface area contributed by atoms with Crippen LogP contribution in [-0.4, -0.2) is 50.7 Å². The average Bonchev–Trinajstić information content (AvgIpc) is 3.20. The van der Waals surface area contributed by atoms with E-state index in [2.05, 4.69) is 9.97 Å². The molecule has 21 heavy (non-hydrogen) atoms. The molecule has 0 radical (unpaired) electrons. The number of halogens is 3. The van der Waals surface area contributed by atoms with E-state index in [1.165, 1.54) is 12.3 Å². The summed E-state index contributed by atoms with van der Waals surface area (Å²) >= 11 is 0. The van der Waals surface area contributed by atoms with Crippen LogP contribution < -0.4 is 0 Å². The summed E-state index contributed by atoms with van der Waals surface area (Å²) < 4.78 is 38.2. The number of carbonyl (C=O) groups excluding carboxylic acids is 1. The van der Waals surface area contributed by atoms with Crippen LogP contribution in [0.5, 0.6) is 0 Å². The van der Waals surface area contributed by atoms with Gasteiger partial charge in [0.1, 0.15) is 11.5 Å². The molecule has 114 valence electrons. The Hall–Kier alpha value is -1.70. The molecule has 3 rings (SSSR count). The van der Waals surface area contributed by atoms with Gasteiger partial charge in [-0.05, 0) is 18.9 Å². The largest absolute Gasteiger partial charge is 0.419 e. The molecule has 1 unspecified atom stereocenters. The summed E-state index contributed by atoms with van der Waals surface area (Å²) in [6, 6.07) is 1.39. The first kappa shape index (κ1) is 14.2. The number of hydrogen-bond donors (Lipinski definition) is 1. The third kappa shape index (κ3) is 2.59. The van der Waals surface area contributed by atoms with Crippen molar-refractivity contribution in [3.8, 4) is 0 Å². The minimum absolute atomic E-state index is 0.0818. The predicted molar refractivity (Wildman–Crippen MR) is 65.5 cm³/mol. The lowest BCUT2D eigenvalue weighted by Crippen LogP contribution is -2.48. The summed E-state index contributed by atoms with van der Waals surface area (Å²) in [5.41, 5.74) is -2.74. The third-order valence-electron chi connectivity index (χ3n) is 3.90. The molecule has 1 saturated heterocycles. The zero-order valence-electron chi connectivity index (χ0n) is 11.1. The van der Waals surface area contributed by atoms with E-state index in [1.807, 2.05) is 0 Å². The van der Waals surface area contributed by atoms with Crippen LogP contribution in [-0.2, 0) is 0 Å². The van der Waals surface area contributed by atoms with E-state index >= 15 is 0 Å². The predicted octanol–water partition coefficient (Wildman–Crippen LogP) is 1.49. The standard InChI is InChI=1S/C13H14F3N3O2/c14-13(15,16)12(21)4-6-19(7-12)11(20)9-3-5-17-10(18-9)8-1-2-8/h3,5,8,21H,1-2,4,6-7H2. The van der Waals surface area contributed by atoms with Crippen molar-refractivity contribution in [3.63, 3.8) is 0 Å². The fraction of sp³-hybridized carbons (Fsp3) is 0.615. The van der Waals surface area contributed by atoms with Crippen molar-refractivity contribution in [3.05, 3.63) is 23.8 Å². The molecule has 0 aromatic carbocycles. The summed E-state index contributed by atoms with van der Waals surface area (Å²) in [6.45, 7) is -0.893. The molecule has 1 aliphatic heterocycles. The normalized spacial score (nSPS) is 26.2. The van der Waals surface area contributed by atoms with Crippen molar-refractivity contribution < 1.29 is 23.1 Å². The minimum Gasteiger partial charge on any atom is -0.379 e. The maximum absolute atomic E-state index is 12.7. The van der Waals surface area contributed by atoms with Crippen LogP contribution in [0.2, 0.25) is 0 Å². The Kier molecular flexibility index (Phi) is 3.16. The monoisotopic (exact) mass is 301 g/mol. The van der Waals surface area contributed by atoms with Crippen molar-refractivity contribution in [1.29, 1.82) is 0 Å². The van der Waals surface area contributed by atoms with E-state index in [9.17, 15) is 23.1 Å². The summed E-state index contributed by atoms with van der Waals surface area (Å²) in [7, 11) is 0. The van der Waals surface area contributed by atoms with Crippen LogP contribution >= 0.6 is 0 Å². The maximum atomic E-state index is 12.7. The zero-order valence-corrected chi connectivity index (χ0v) is 11.1. The van der Waals surface area contributed by atoms with E-state index in [0.717, 1.165) is 17.7 Å². The zero-order chi connectivity index (χ0) is 15.3. The van der Waals surface area contributed by atoms with Gasteiger partial charge in [-0.25, -0.2) is 9.97 Å². The van der Waals surface area contributed by atoms with E-state index in [1.54, 1.807) is 0 Å². The molecule has 0 spiro atoms. The van der Waals surface area contributed by atoms with Gasteiger partial charge in [0.2, 0.25) is 0 Å². The Morgan fingerprint density at radius 3 is 2.71 bits per heavy atom.